The van der Waals surface area contributed by atoms with Gasteiger partial charge in [0.1, 0.15) is 5.69 Å². The Morgan fingerprint density at radius 1 is 1.14 bits per heavy atom. The van der Waals surface area contributed by atoms with Crippen LogP contribution in [0.15, 0.2) is 41.3 Å². The fraction of sp³-hybridized carbons (Fsp3) is 0.200. The summed E-state index contributed by atoms with van der Waals surface area (Å²) in [6.07, 6.45) is 2.47. The second kappa shape index (κ2) is 4.97. The van der Waals surface area contributed by atoms with Crippen LogP contribution in [0, 0.1) is 0 Å². The zero-order chi connectivity index (χ0) is 15.0. The Morgan fingerprint density at radius 2 is 1.95 bits per heavy atom. The molecule has 6 nitrogen and oxygen atoms in total. The van der Waals surface area contributed by atoms with E-state index in [4.69, 9.17) is 0 Å². The lowest BCUT2D eigenvalue weighted by Gasteiger charge is -2.09. The molecule has 0 fully saturated rings. The van der Waals surface area contributed by atoms with Crippen molar-refractivity contribution in [3.63, 3.8) is 0 Å². The molecular weight excluding hydrogens is 268 g/mol. The van der Waals surface area contributed by atoms with Gasteiger partial charge in [0.2, 0.25) is 0 Å². The monoisotopic (exact) mass is 282 g/mol. The van der Waals surface area contributed by atoms with Crippen LogP contribution in [0.1, 0.15) is 30.4 Å². The summed E-state index contributed by atoms with van der Waals surface area (Å²) in [6.45, 7) is 3.77. The smallest absolute Gasteiger partial charge is 0.267 e. The molecule has 3 rings (SSSR count). The van der Waals surface area contributed by atoms with E-state index in [0.717, 1.165) is 5.52 Å². The molecule has 0 unspecified atom stereocenters. The Balaban J connectivity index is 2.32. The minimum absolute atomic E-state index is 0.0565. The molecule has 0 aromatic carbocycles. The minimum Gasteiger partial charge on any atom is -0.296 e. The van der Waals surface area contributed by atoms with Gasteiger partial charge in [-0.15, -0.1) is 0 Å². The highest BCUT2D eigenvalue weighted by molar-refractivity contribution is 5.92. The van der Waals surface area contributed by atoms with E-state index in [0.29, 0.717) is 23.2 Å². The Kier molecular flexibility index (Phi) is 3.13. The molecule has 0 aliphatic rings. The van der Waals surface area contributed by atoms with Gasteiger partial charge in [0.15, 0.2) is 6.29 Å². The van der Waals surface area contributed by atoms with Crippen molar-refractivity contribution in [2.24, 2.45) is 0 Å². The number of carbonyl (C=O) groups excluding carboxylic acids is 1. The summed E-state index contributed by atoms with van der Waals surface area (Å²) in [5, 5.41) is 8.59. The van der Waals surface area contributed by atoms with Gasteiger partial charge in [-0.3, -0.25) is 9.59 Å². The first-order valence-electron chi connectivity index (χ1n) is 6.64. The van der Waals surface area contributed by atoms with E-state index in [2.05, 4.69) is 10.2 Å². The summed E-state index contributed by atoms with van der Waals surface area (Å²) in [5.74, 6) is 0. The predicted octanol–water partition coefficient (Wildman–Crippen LogP) is 1.95. The maximum Gasteiger partial charge on any atom is 0.267 e. The first-order chi connectivity index (χ1) is 10.1. The van der Waals surface area contributed by atoms with Crippen LogP contribution in [0.5, 0.6) is 0 Å². The SMILES string of the molecule is CC(C)n1nc(-c2c(C=O)nn3ccccc23)ccc1=O. The van der Waals surface area contributed by atoms with Crippen molar-refractivity contribution in [3.8, 4) is 11.3 Å². The number of fused-ring (bicyclic) bond motifs is 1. The van der Waals surface area contributed by atoms with E-state index in [1.165, 1.54) is 10.7 Å². The van der Waals surface area contributed by atoms with E-state index in [1.807, 2.05) is 32.0 Å². The average molecular weight is 282 g/mol. The van der Waals surface area contributed by atoms with Crippen molar-refractivity contribution in [1.82, 2.24) is 19.4 Å². The number of hydrogen-bond acceptors (Lipinski definition) is 4. The third-order valence-corrected chi connectivity index (χ3v) is 3.25. The Labute approximate surface area is 120 Å². The highest BCUT2D eigenvalue weighted by atomic mass is 16.1. The highest BCUT2D eigenvalue weighted by Crippen LogP contribution is 2.25. The zero-order valence-electron chi connectivity index (χ0n) is 11.7. The molecule has 0 amide bonds. The van der Waals surface area contributed by atoms with Gasteiger partial charge in [-0.05, 0) is 32.0 Å². The van der Waals surface area contributed by atoms with Gasteiger partial charge < -0.3 is 0 Å². The molecule has 0 aliphatic carbocycles. The number of aromatic nitrogens is 4. The number of carbonyl (C=O) groups is 1. The van der Waals surface area contributed by atoms with E-state index in [-0.39, 0.29) is 11.6 Å². The first kappa shape index (κ1) is 13.2. The first-order valence-corrected chi connectivity index (χ1v) is 6.64. The maximum atomic E-state index is 11.8. The Bertz CT molecular complexity index is 877. The normalized spacial score (nSPS) is 11.2. The van der Waals surface area contributed by atoms with Crippen LogP contribution in [-0.4, -0.2) is 25.7 Å². The molecule has 0 aliphatic heterocycles. The average Bonchev–Trinajstić information content (AvgIpc) is 2.86. The fourth-order valence-electron chi connectivity index (χ4n) is 2.29. The molecule has 0 bridgehead atoms. The maximum absolute atomic E-state index is 11.8. The molecule has 21 heavy (non-hydrogen) atoms. The van der Waals surface area contributed by atoms with Crippen molar-refractivity contribution in [3.05, 3.63) is 52.6 Å². The van der Waals surface area contributed by atoms with Crippen LogP contribution in [-0.2, 0) is 0 Å². The lowest BCUT2D eigenvalue weighted by atomic mass is 10.1. The summed E-state index contributed by atoms with van der Waals surface area (Å²) in [7, 11) is 0. The molecule has 0 saturated carbocycles. The lowest BCUT2D eigenvalue weighted by Crippen LogP contribution is -2.23. The van der Waals surface area contributed by atoms with E-state index in [1.54, 1.807) is 16.8 Å². The predicted molar refractivity (Wildman–Crippen MR) is 78.5 cm³/mol. The van der Waals surface area contributed by atoms with Crippen LogP contribution in [0.4, 0.5) is 0 Å². The summed E-state index contributed by atoms with van der Waals surface area (Å²) in [5.41, 5.74) is 2.12. The van der Waals surface area contributed by atoms with Gasteiger partial charge in [-0.25, -0.2) is 9.20 Å². The van der Waals surface area contributed by atoms with Crippen LogP contribution in [0.25, 0.3) is 16.8 Å². The van der Waals surface area contributed by atoms with Gasteiger partial charge in [0, 0.05) is 12.3 Å². The molecule has 3 aromatic heterocycles. The molecule has 0 saturated heterocycles. The van der Waals surface area contributed by atoms with Gasteiger partial charge in [0.05, 0.1) is 22.8 Å². The molecule has 3 heterocycles. The van der Waals surface area contributed by atoms with E-state index in [9.17, 15) is 9.59 Å². The van der Waals surface area contributed by atoms with Gasteiger partial charge >= 0.3 is 0 Å². The van der Waals surface area contributed by atoms with Gasteiger partial charge in [-0.1, -0.05) is 6.07 Å². The summed E-state index contributed by atoms with van der Waals surface area (Å²) < 4.78 is 3.03. The largest absolute Gasteiger partial charge is 0.296 e. The molecule has 3 aromatic rings. The Morgan fingerprint density at radius 3 is 2.67 bits per heavy atom. The third kappa shape index (κ3) is 2.14. The second-order valence-electron chi connectivity index (χ2n) is 5.00. The Hall–Kier alpha value is -2.76. The molecule has 0 spiro atoms. The standard InChI is InChI=1S/C15H14N4O2/c1-10(2)19-14(21)7-6-11(17-19)15-12(9-20)16-18-8-4-3-5-13(15)18/h3-10H,1-2H3. The topological polar surface area (TPSA) is 69.3 Å². The van der Waals surface area contributed by atoms with Crippen LogP contribution in [0.2, 0.25) is 0 Å². The lowest BCUT2D eigenvalue weighted by molar-refractivity contribution is 0.111. The van der Waals surface area contributed by atoms with Crippen molar-refractivity contribution in [1.29, 1.82) is 0 Å². The molecule has 106 valence electrons. The van der Waals surface area contributed by atoms with Gasteiger partial charge in [0.25, 0.3) is 5.56 Å². The number of rotatable bonds is 3. The number of hydrogen-bond donors (Lipinski definition) is 0. The summed E-state index contributed by atoms with van der Waals surface area (Å²) in [4.78, 5) is 23.1. The minimum atomic E-state index is -0.169. The van der Waals surface area contributed by atoms with Crippen molar-refractivity contribution >= 4 is 11.8 Å². The number of pyridine rings is 1. The quantitative estimate of drug-likeness (QED) is 0.688. The van der Waals surface area contributed by atoms with Crippen molar-refractivity contribution in [2.45, 2.75) is 19.9 Å². The molecule has 0 radical (unpaired) electrons. The molecule has 0 N–H and O–H groups in total. The molecular formula is C15H14N4O2. The number of aldehydes is 1. The molecule has 6 heteroatoms. The summed E-state index contributed by atoms with van der Waals surface area (Å²) >= 11 is 0. The summed E-state index contributed by atoms with van der Waals surface area (Å²) in [6, 6.07) is 8.59. The number of nitrogens with zero attached hydrogens (tertiary/aromatic N) is 4. The third-order valence-electron chi connectivity index (χ3n) is 3.25. The van der Waals surface area contributed by atoms with Crippen LogP contribution in [0.3, 0.4) is 0 Å². The highest BCUT2D eigenvalue weighted by Gasteiger charge is 2.16. The second-order valence-corrected chi connectivity index (χ2v) is 5.00. The van der Waals surface area contributed by atoms with E-state index >= 15 is 0 Å². The van der Waals surface area contributed by atoms with Crippen molar-refractivity contribution in [2.75, 3.05) is 0 Å². The van der Waals surface area contributed by atoms with Crippen LogP contribution >= 0.6 is 0 Å². The van der Waals surface area contributed by atoms with Crippen LogP contribution < -0.4 is 5.56 Å². The van der Waals surface area contributed by atoms with Gasteiger partial charge in [-0.2, -0.15) is 10.2 Å². The van der Waals surface area contributed by atoms with E-state index < -0.39 is 0 Å². The van der Waals surface area contributed by atoms with Crippen molar-refractivity contribution < 1.29 is 4.79 Å². The molecule has 0 atom stereocenters. The zero-order valence-corrected chi connectivity index (χ0v) is 11.7. The fourth-order valence-corrected chi connectivity index (χ4v) is 2.29.